The number of hydrogen-bond donors (Lipinski definition) is 0. The average molecular weight is 216 g/mol. The SMILES string of the molecule is Cc1nc(-c2csc(Cl)c2)cs1. The van der Waals surface area contributed by atoms with Crippen LogP contribution >= 0.6 is 34.3 Å². The van der Waals surface area contributed by atoms with Gasteiger partial charge in [0.25, 0.3) is 0 Å². The fourth-order valence-corrected chi connectivity index (χ4v) is 2.44. The number of thiophene rings is 1. The Labute approximate surface area is 83.7 Å². The van der Waals surface area contributed by atoms with E-state index in [1.807, 2.05) is 23.8 Å². The molecule has 0 bridgehead atoms. The lowest BCUT2D eigenvalue weighted by Crippen LogP contribution is -1.72. The van der Waals surface area contributed by atoms with Gasteiger partial charge in [-0.1, -0.05) is 11.6 Å². The molecule has 0 aliphatic rings. The Morgan fingerprint density at radius 3 is 2.67 bits per heavy atom. The summed E-state index contributed by atoms with van der Waals surface area (Å²) in [7, 11) is 0. The molecular weight excluding hydrogens is 210 g/mol. The van der Waals surface area contributed by atoms with Crippen molar-refractivity contribution in [3.05, 3.63) is 26.2 Å². The van der Waals surface area contributed by atoms with Crippen LogP contribution in [0.1, 0.15) is 5.01 Å². The van der Waals surface area contributed by atoms with E-state index in [0.717, 1.165) is 20.6 Å². The molecule has 0 spiro atoms. The summed E-state index contributed by atoms with van der Waals surface area (Å²) in [6.45, 7) is 2.00. The largest absolute Gasteiger partial charge is 0.242 e. The minimum atomic E-state index is 0.815. The lowest BCUT2D eigenvalue weighted by Gasteiger charge is -1.85. The first kappa shape index (κ1) is 8.23. The van der Waals surface area contributed by atoms with Gasteiger partial charge in [-0.3, -0.25) is 0 Å². The number of rotatable bonds is 1. The van der Waals surface area contributed by atoms with E-state index in [1.54, 1.807) is 11.3 Å². The van der Waals surface area contributed by atoms with Gasteiger partial charge in [0, 0.05) is 16.3 Å². The number of aryl methyl sites for hydroxylation is 1. The van der Waals surface area contributed by atoms with Gasteiger partial charge in [0.1, 0.15) is 0 Å². The van der Waals surface area contributed by atoms with Gasteiger partial charge in [-0.2, -0.15) is 0 Å². The summed E-state index contributed by atoms with van der Waals surface area (Å²) in [6.07, 6.45) is 0. The van der Waals surface area contributed by atoms with Crippen molar-refractivity contribution < 1.29 is 0 Å². The van der Waals surface area contributed by atoms with Gasteiger partial charge in [0.05, 0.1) is 15.0 Å². The summed E-state index contributed by atoms with van der Waals surface area (Å²) >= 11 is 9.01. The molecule has 62 valence electrons. The highest BCUT2D eigenvalue weighted by molar-refractivity contribution is 7.14. The lowest BCUT2D eigenvalue weighted by atomic mass is 10.3. The molecule has 0 aliphatic carbocycles. The van der Waals surface area contributed by atoms with Crippen molar-refractivity contribution in [1.82, 2.24) is 4.98 Å². The minimum absolute atomic E-state index is 0.815. The summed E-state index contributed by atoms with van der Waals surface area (Å²) in [5.74, 6) is 0. The highest BCUT2D eigenvalue weighted by Gasteiger charge is 2.03. The molecule has 0 saturated carbocycles. The molecule has 0 fully saturated rings. The van der Waals surface area contributed by atoms with E-state index in [9.17, 15) is 0 Å². The lowest BCUT2D eigenvalue weighted by molar-refractivity contribution is 1.30. The molecular formula is C8H6ClNS2. The molecule has 12 heavy (non-hydrogen) atoms. The highest BCUT2D eigenvalue weighted by atomic mass is 35.5. The average Bonchev–Trinajstić information content (AvgIpc) is 2.58. The van der Waals surface area contributed by atoms with Crippen LogP contribution in [0.15, 0.2) is 16.8 Å². The third-order valence-electron chi connectivity index (χ3n) is 1.48. The van der Waals surface area contributed by atoms with E-state index in [4.69, 9.17) is 11.6 Å². The second kappa shape index (κ2) is 3.17. The van der Waals surface area contributed by atoms with Gasteiger partial charge in [0.15, 0.2) is 0 Å². The number of thiazole rings is 1. The van der Waals surface area contributed by atoms with Gasteiger partial charge in [0.2, 0.25) is 0 Å². The summed E-state index contributed by atoms with van der Waals surface area (Å²) in [6, 6.07) is 1.95. The second-order valence-corrected chi connectivity index (χ2v) is 5.00. The van der Waals surface area contributed by atoms with Crippen LogP contribution in [-0.2, 0) is 0 Å². The monoisotopic (exact) mass is 215 g/mol. The van der Waals surface area contributed by atoms with Crippen LogP contribution < -0.4 is 0 Å². The van der Waals surface area contributed by atoms with Crippen LogP contribution in [0.5, 0.6) is 0 Å². The molecule has 0 N–H and O–H groups in total. The minimum Gasteiger partial charge on any atom is -0.242 e. The van der Waals surface area contributed by atoms with Crippen LogP contribution in [0.3, 0.4) is 0 Å². The molecule has 2 aromatic rings. The molecule has 0 radical (unpaired) electrons. The molecule has 4 heteroatoms. The number of aromatic nitrogens is 1. The zero-order valence-corrected chi connectivity index (χ0v) is 8.76. The van der Waals surface area contributed by atoms with Gasteiger partial charge < -0.3 is 0 Å². The maximum Gasteiger partial charge on any atom is 0.0935 e. The van der Waals surface area contributed by atoms with Crippen molar-refractivity contribution in [3.63, 3.8) is 0 Å². The van der Waals surface area contributed by atoms with Gasteiger partial charge in [-0.15, -0.1) is 22.7 Å². The standard InChI is InChI=1S/C8H6ClNS2/c1-5-10-7(4-11-5)6-2-8(9)12-3-6/h2-4H,1H3. The smallest absolute Gasteiger partial charge is 0.0935 e. The molecule has 2 rings (SSSR count). The fourth-order valence-electron chi connectivity index (χ4n) is 0.940. The predicted molar refractivity (Wildman–Crippen MR) is 55.2 cm³/mol. The van der Waals surface area contributed by atoms with Gasteiger partial charge in [-0.25, -0.2) is 4.98 Å². The Kier molecular flexibility index (Phi) is 2.17. The maximum absolute atomic E-state index is 5.81. The van der Waals surface area contributed by atoms with Crippen molar-refractivity contribution in [2.24, 2.45) is 0 Å². The second-order valence-electron chi connectivity index (χ2n) is 2.39. The normalized spacial score (nSPS) is 10.5. The van der Waals surface area contributed by atoms with E-state index in [1.165, 1.54) is 11.3 Å². The zero-order valence-electron chi connectivity index (χ0n) is 6.37. The van der Waals surface area contributed by atoms with Gasteiger partial charge in [-0.05, 0) is 13.0 Å². The van der Waals surface area contributed by atoms with E-state index < -0.39 is 0 Å². The van der Waals surface area contributed by atoms with E-state index in [2.05, 4.69) is 4.98 Å². The van der Waals surface area contributed by atoms with Crippen molar-refractivity contribution in [2.45, 2.75) is 6.92 Å². The van der Waals surface area contributed by atoms with Gasteiger partial charge >= 0.3 is 0 Å². The van der Waals surface area contributed by atoms with Crippen LogP contribution in [0, 0.1) is 6.92 Å². The highest BCUT2D eigenvalue weighted by Crippen LogP contribution is 2.29. The molecule has 0 aliphatic heterocycles. The fraction of sp³-hybridized carbons (Fsp3) is 0.125. The van der Waals surface area contributed by atoms with E-state index >= 15 is 0 Å². The molecule has 0 saturated heterocycles. The summed E-state index contributed by atoms with van der Waals surface area (Å²) < 4.78 is 0.815. The quantitative estimate of drug-likeness (QED) is 0.705. The van der Waals surface area contributed by atoms with Crippen LogP contribution in [-0.4, -0.2) is 4.98 Å². The first-order valence-electron chi connectivity index (χ1n) is 3.42. The Balaban J connectivity index is 2.43. The third kappa shape index (κ3) is 1.53. The van der Waals surface area contributed by atoms with Crippen molar-refractivity contribution >= 4 is 34.3 Å². The summed E-state index contributed by atoms with van der Waals surface area (Å²) in [5, 5.41) is 5.16. The molecule has 0 amide bonds. The topological polar surface area (TPSA) is 12.9 Å². The number of nitrogens with zero attached hydrogens (tertiary/aromatic N) is 1. The molecule has 0 aromatic carbocycles. The van der Waals surface area contributed by atoms with Crippen molar-refractivity contribution in [2.75, 3.05) is 0 Å². The molecule has 2 aromatic heterocycles. The summed E-state index contributed by atoms with van der Waals surface area (Å²) in [5.41, 5.74) is 2.15. The number of hydrogen-bond acceptors (Lipinski definition) is 3. The maximum atomic E-state index is 5.81. The molecule has 0 unspecified atom stereocenters. The number of halogens is 1. The van der Waals surface area contributed by atoms with Crippen LogP contribution in [0.4, 0.5) is 0 Å². The Hall–Kier alpha value is -0.380. The van der Waals surface area contributed by atoms with E-state index in [-0.39, 0.29) is 0 Å². The Morgan fingerprint density at radius 2 is 2.17 bits per heavy atom. The van der Waals surface area contributed by atoms with Crippen molar-refractivity contribution in [1.29, 1.82) is 0 Å². The Bertz CT molecular complexity index is 353. The van der Waals surface area contributed by atoms with Crippen LogP contribution in [0.25, 0.3) is 11.3 Å². The first-order chi connectivity index (χ1) is 5.75. The Morgan fingerprint density at radius 1 is 1.33 bits per heavy atom. The van der Waals surface area contributed by atoms with Crippen LogP contribution in [0.2, 0.25) is 4.34 Å². The molecule has 0 atom stereocenters. The zero-order chi connectivity index (χ0) is 8.55. The molecule has 2 heterocycles. The first-order valence-corrected chi connectivity index (χ1v) is 5.56. The molecule has 1 nitrogen and oxygen atoms in total. The summed E-state index contributed by atoms with van der Waals surface area (Å²) in [4.78, 5) is 4.36. The van der Waals surface area contributed by atoms with Crippen molar-refractivity contribution in [3.8, 4) is 11.3 Å². The third-order valence-corrected chi connectivity index (χ3v) is 3.35. The van der Waals surface area contributed by atoms with E-state index in [0.29, 0.717) is 0 Å². The predicted octanol–water partition coefficient (Wildman–Crippen LogP) is 3.83.